The Morgan fingerprint density at radius 2 is 2.00 bits per heavy atom. The van der Waals surface area contributed by atoms with Crippen LogP contribution in [0.5, 0.6) is 0 Å². The van der Waals surface area contributed by atoms with Crippen molar-refractivity contribution in [2.45, 2.75) is 24.4 Å². The Labute approximate surface area is 181 Å². The lowest BCUT2D eigenvalue weighted by molar-refractivity contribution is -0.186. The van der Waals surface area contributed by atoms with Crippen LogP contribution < -0.4 is 5.32 Å². The molecule has 30 heavy (non-hydrogen) atoms. The molecule has 4 rings (SSSR count). The second kappa shape index (κ2) is 9.38. The second-order valence-corrected chi connectivity index (χ2v) is 8.99. The molecule has 1 spiro atoms. The quantitative estimate of drug-likeness (QED) is 0.720. The van der Waals surface area contributed by atoms with E-state index in [0.717, 1.165) is 11.3 Å². The van der Waals surface area contributed by atoms with E-state index in [4.69, 9.17) is 9.47 Å². The predicted octanol–water partition coefficient (Wildman–Crippen LogP) is 2.53. The summed E-state index contributed by atoms with van der Waals surface area (Å²) in [6.45, 7) is 2.49. The number of nitrogens with zero attached hydrogens (tertiary/aromatic N) is 3. The minimum atomic E-state index is -0.487. The number of carbonyl (C=O) groups is 2. The Bertz CT molecular complexity index is 909. The molecule has 11 heteroatoms. The number of ether oxygens (including phenoxy) is 2. The molecule has 0 bridgehead atoms. The highest BCUT2D eigenvalue weighted by molar-refractivity contribution is 7.99. The minimum absolute atomic E-state index is 0.0708. The van der Waals surface area contributed by atoms with Gasteiger partial charge in [0, 0.05) is 37.4 Å². The van der Waals surface area contributed by atoms with Crippen molar-refractivity contribution in [1.29, 1.82) is 0 Å². The molecule has 2 saturated heterocycles. The van der Waals surface area contributed by atoms with E-state index in [9.17, 15) is 14.0 Å². The standard InChI is InChI=1S/C19H21FN4O4S2/c20-13-2-1-3-14(10-13)21-17(26)18-23-22-15(30-18)11-29-12-16(25)24-6-4-19(5-7-24)27-8-9-28-19/h1-3,10H,4-9,11-12H2,(H,21,26). The zero-order valence-corrected chi connectivity index (χ0v) is 17.8. The Morgan fingerprint density at radius 1 is 1.23 bits per heavy atom. The number of benzene rings is 1. The molecular formula is C19H21FN4O4S2. The number of hydrogen-bond donors (Lipinski definition) is 1. The number of anilines is 1. The Kier molecular flexibility index (Phi) is 6.61. The van der Waals surface area contributed by atoms with Gasteiger partial charge in [0.2, 0.25) is 10.9 Å². The van der Waals surface area contributed by atoms with Gasteiger partial charge in [-0.3, -0.25) is 9.59 Å². The number of amides is 2. The van der Waals surface area contributed by atoms with Crippen molar-refractivity contribution < 1.29 is 23.5 Å². The van der Waals surface area contributed by atoms with Gasteiger partial charge in [-0.1, -0.05) is 17.4 Å². The van der Waals surface area contributed by atoms with Crippen molar-refractivity contribution in [2.24, 2.45) is 0 Å². The molecular weight excluding hydrogens is 431 g/mol. The molecule has 2 fully saturated rings. The number of piperidine rings is 1. The number of likely N-dealkylation sites (tertiary alicyclic amines) is 1. The molecule has 0 unspecified atom stereocenters. The molecule has 160 valence electrons. The molecule has 0 saturated carbocycles. The van der Waals surface area contributed by atoms with Crippen molar-refractivity contribution in [1.82, 2.24) is 15.1 Å². The number of thioether (sulfide) groups is 1. The molecule has 2 aliphatic heterocycles. The van der Waals surface area contributed by atoms with E-state index in [-0.39, 0.29) is 10.9 Å². The van der Waals surface area contributed by atoms with Gasteiger partial charge in [0.25, 0.3) is 5.91 Å². The highest BCUT2D eigenvalue weighted by Gasteiger charge is 2.40. The van der Waals surface area contributed by atoms with Gasteiger partial charge in [-0.25, -0.2) is 4.39 Å². The normalized spacial score (nSPS) is 18.0. The lowest BCUT2D eigenvalue weighted by atomic mass is 10.0. The lowest BCUT2D eigenvalue weighted by Crippen LogP contribution is -2.47. The van der Waals surface area contributed by atoms with Crippen molar-refractivity contribution >= 4 is 40.6 Å². The highest BCUT2D eigenvalue weighted by Crippen LogP contribution is 2.31. The van der Waals surface area contributed by atoms with E-state index in [2.05, 4.69) is 15.5 Å². The summed E-state index contributed by atoms with van der Waals surface area (Å²) in [5, 5.41) is 11.3. The molecule has 0 atom stereocenters. The van der Waals surface area contributed by atoms with Gasteiger partial charge in [0.1, 0.15) is 10.8 Å². The van der Waals surface area contributed by atoms with Gasteiger partial charge >= 0.3 is 0 Å². The van der Waals surface area contributed by atoms with Crippen LogP contribution in [0.3, 0.4) is 0 Å². The fourth-order valence-corrected chi connectivity index (χ4v) is 5.06. The van der Waals surface area contributed by atoms with Gasteiger partial charge in [-0.15, -0.1) is 22.0 Å². The van der Waals surface area contributed by atoms with E-state index in [1.165, 1.54) is 30.0 Å². The molecule has 1 N–H and O–H groups in total. The fraction of sp³-hybridized carbons (Fsp3) is 0.474. The van der Waals surface area contributed by atoms with Crippen LogP contribution in [0.25, 0.3) is 0 Å². The Balaban J connectivity index is 1.21. The number of halogens is 1. The largest absolute Gasteiger partial charge is 0.347 e. The lowest BCUT2D eigenvalue weighted by Gasteiger charge is -2.37. The first-order chi connectivity index (χ1) is 14.5. The van der Waals surface area contributed by atoms with Crippen LogP contribution in [0.1, 0.15) is 27.7 Å². The van der Waals surface area contributed by atoms with Gasteiger partial charge in [-0.05, 0) is 18.2 Å². The third-order valence-electron chi connectivity index (χ3n) is 4.89. The highest BCUT2D eigenvalue weighted by atomic mass is 32.2. The first kappa shape index (κ1) is 21.2. The zero-order chi connectivity index (χ0) is 21.0. The Morgan fingerprint density at radius 3 is 2.73 bits per heavy atom. The van der Waals surface area contributed by atoms with E-state index in [0.29, 0.717) is 61.3 Å². The molecule has 8 nitrogen and oxygen atoms in total. The smallest absolute Gasteiger partial charge is 0.286 e. The maximum atomic E-state index is 13.2. The summed E-state index contributed by atoms with van der Waals surface area (Å²) in [6.07, 6.45) is 1.40. The summed E-state index contributed by atoms with van der Waals surface area (Å²) in [6, 6.07) is 5.64. The monoisotopic (exact) mass is 452 g/mol. The van der Waals surface area contributed by atoms with Crippen LogP contribution in [-0.4, -0.2) is 64.8 Å². The first-order valence-electron chi connectivity index (χ1n) is 9.56. The molecule has 2 aliphatic rings. The second-order valence-electron chi connectivity index (χ2n) is 6.95. The molecule has 3 heterocycles. The van der Waals surface area contributed by atoms with E-state index < -0.39 is 17.5 Å². The van der Waals surface area contributed by atoms with Gasteiger partial charge in [-0.2, -0.15) is 0 Å². The van der Waals surface area contributed by atoms with Crippen molar-refractivity contribution in [3.05, 3.63) is 40.1 Å². The van der Waals surface area contributed by atoms with E-state index in [1.54, 1.807) is 6.07 Å². The maximum absolute atomic E-state index is 13.2. The van der Waals surface area contributed by atoms with Crippen LogP contribution in [0.2, 0.25) is 0 Å². The summed E-state index contributed by atoms with van der Waals surface area (Å²) in [4.78, 5) is 26.5. The van der Waals surface area contributed by atoms with Crippen LogP contribution in [0, 0.1) is 5.82 Å². The minimum Gasteiger partial charge on any atom is -0.347 e. The summed E-state index contributed by atoms with van der Waals surface area (Å²) >= 11 is 2.59. The van der Waals surface area contributed by atoms with Gasteiger partial charge in [0.05, 0.1) is 19.0 Å². The predicted molar refractivity (Wildman–Crippen MR) is 111 cm³/mol. The molecule has 2 aromatic rings. The van der Waals surface area contributed by atoms with Gasteiger partial charge < -0.3 is 19.7 Å². The molecule has 1 aromatic carbocycles. The van der Waals surface area contributed by atoms with E-state index in [1.807, 2.05) is 4.90 Å². The summed E-state index contributed by atoms with van der Waals surface area (Å²) in [5.41, 5.74) is 0.355. The van der Waals surface area contributed by atoms with Crippen molar-refractivity contribution in [3.63, 3.8) is 0 Å². The zero-order valence-electron chi connectivity index (χ0n) is 16.1. The number of hydrogen-bond acceptors (Lipinski definition) is 8. The van der Waals surface area contributed by atoms with Crippen molar-refractivity contribution in [3.8, 4) is 0 Å². The first-order valence-corrected chi connectivity index (χ1v) is 11.5. The molecule has 0 aliphatic carbocycles. The van der Waals surface area contributed by atoms with Crippen LogP contribution in [0.4, 0.5) is 10.1 Å². The van der Waals surface area contributed by atoms with Crippen LogP contribution >= 0.6 is 23.1 Å². The number of carbonyl (C=O) groups excluding carboxylic acids is 2. The maximum Gasteiger partial charge on any atom is 0.286 e. The molecule has 2 amide bonds. The summed E-state index contributed by atoms with van der Waals surface area (Å²) in [7, 11) is 0. The van der Waals surface area contributed by atoms with Crippen molar-refractivity contribution in [2.75, 3.05) is 37.4 Å². The summed E-state index contributed by atoms with van der Waals surface area (Å²) < 4.78 is 24.6. The third kappa shape index (κ3) is 5.15. The number of nitrogens with one attached hydrogen (secondary N) is 1. The number of aromatic nitrogens is 2. The third-order valence-corrected chi connectivity index (χ3v) is 6.92. The van der Waals surface area contributed by atoms with Crippen LogP contribution in [-0.2, 0) is 20.0 Å². The number of rotatable bonds is 6. The SMILES string of the molecule is O=C(Nc1cccc(F)c1)c1nnc(CSCC(=O)N2CCC3(CC2)OCCO3)s1. The van der Waals surface area contributed by atoms with E-state index >= 15 is 0 Å². The van der Waals surface area contributed by atoms with Crippen LogP contribution in [0.15, 0.2) is 24.3 Å². The fourth-order valence-electron chi connectivity index (χ4n) is 3.35. The molecule has 0 radical (unpaired) electrons. The van der Waals surface area contributed by atoms with Gasteiger partial charge in [0.15, 0.2) is 5.79 Å². The topological polar surface area (TPSA) is 93.7 Å². The average Bonchev–Trinajstić information content (AvgIpc) is 3.39. The summed E-state index contributed by atoms with van der Waals surface area (Å²) in [5.74, 6) is -0.469. The molecule has 1 aromatic heterocycles. The Hall–Kier alpha value is -2.08. The average molecular weight is 453 g/mol.